The summed E-state index contributed by atoms with van der Waals surface area (Å²) in [6.07, 6.45) is 5.20. The van der Waals surface area contributed by atoms with Crippen LogP contribution in [0, 0.1) is 0 Å². The van der Waals surface area contributed by atoms with Crippen molar-refractivity contribution in [2.75, 3.05) is 6.54 Å². The van der Waals surface area contributed by atoms with E-state index in [-0.39, 0.29) is 11.8 Å². The van der Waals surface area contributed by atoms with Crippen LogP contribution in [0.5, 0.6) is 0 Å². The van der Waals surface area contributed by atoms with Crippen molar-refractivity contribution >= 4 is 11.8 Å². The molecule has 0 aromatic heterocycles. The van der Waals surface area contributed by atoms with Crippen molar-refractivity contribution in [2.45, 2.75) is 39.0 Å². The van der Waals surface area contributed by atoms with Crippen LogP contribution in [-0.2, 0) is 12.8 Å². The summed E-state index contributed by atoms with van der Waals surface area (Å²) in [5.74, 6) is -0.320. The van der Waals surface area contributed by atoms with Crippen molar-refractivity contribution in [3.05, 3.63) is 70.8 Å². The van der Waals surface area contributed by atoms with E-state index in [0.29, 0.717) is 17.7 Å². The number of hydrogen-bond acceptors (Lipinski definition) is 2. The second-order valence-corrected chi connectivity index (χ2v) is 6.33. The minimum absolute atomic E-state index is 0.160. The molecular weight excluding hydrogens is 298 g/mol. The van der Waals surface area contributed by atoms with Gasteiger partial charge in [-0.3, -0.25) is 14.5 Å². The number of carbonyl (C=O) groups excluding carboxylic acids is 2. The van der Waals surface area contributed by atoms with E-state index in [4.69, 9.17) is 0 Å². The van der Waals surface area contributed by atoms with Crippen molar-refractivity contribution in [1.82, 2.24) is 4.90 Å². The smallest absolute Gasteiger partial charge is 0.261 e. The molecule has 0 fully saturated rings. The molecule has 1 aliphatic rings. The Morgan fingerprint density at radius 3 is 1.96 bits per heavy atom. The van der Waals surface area contributed by atoms with Crippen LogP contribution < -0.4 is 0 Å². The monoisotopic (exact) mass is 321 g/mol. The van der Waals surface area contributed by atoms with E-state index in [0.717, 1.165) is 19.3 Å². The summed E-state index contributed by atoms with van der Waals surface area (Å²) in [7, 11) is 0. The summed E-state index contributed by atoms with van der Waals surface area (Å²) in [5, 5.41) is 0. The fourth-order valence-electron chi connectivity index (χ4n) is 3.21. The van der Waals surface area contributed by atoms with Gasteiger partial charge in [0.05, 0.1) is 11.1 Å². The standard InChI is InChI=1S/C21H23NO2/c1-2-3-8-16-9-6-10-17(15-16)11-7-14-22-20(23)18-12-4-5-13-19(18)21(22)24/h4-6,9-10,12-13,15H,2-3,7-8,11,14H2,1H3. The first-order chi connectivity index (χ1) is 11.7. The fraction of sp³-hybridized carbons (Fsp3) is 0.333. The number of hydrogen-bond donors (Lipinski definition) is 0. The van der Waals surface area contributed by atoms with Crippen LogP contribution in [0.1, 0.15) is 58.0 Å². The molecule has 0 unspecified atom stereocenters. The summed E-state index contributed by atoms with van der Waals surface area (Å²) < 4.78 is 0. The number of nitrogens with zero attached hydrogens (tertiary/aromatic N) is 1. The number of unbranched alkanes of at least 4 members (excludes halogenated alkanes) is 1. The van der Waals surface area contributed by atoms with Crippen molar-refractivity contribution in [3.63, 3.8) is 0 Å². The summed E-state index contributed by atoms with van der Waals surface area (Å²) in [6, 6.07) is 15.7. The number of amides is 2. The van der Waals surface area contributed by atoms with Crippen LogP contribution in [-0.4, -0.2) is 23.3 Å². The predicted molar refractivity (Wildman–Crippen MR) is 95.2 cm³/mol. The molecule has 0 bridgehead atoms. The number of rotatable bonds is 7. The largest absolute Gasteiger partial charge is 0.274 e. The van der Waals surface area contributed by atoms with E-state index < -0.39 is 0 Å². The molecule has 0 saturated heterocycles. The number of benzene rings is 2. The summed E-state index contributed by atoms with van der Waals surface area (Å²) in [5.41, 5.74) is 3.71. The Kier molecular flexibility index (Phi) is 5.09. The van der Waals surface area contributed by atoms with Gasteiger partial charge in [0.2, 0.25) is 0 Å². The number of carbonyl (C=O) groups is 2. The average Bonchev–Trinajstić information content (AvgIpc) is 2.86. The lowest BCUT2D eigenvalue weighted by atomic mass is 10.0. The van der Waals surface area contributed by atoms with Crippen molar-refractivity contribution in [2.24, 2.45) is 0 Å². The van der Waals surface area contributed by atoms with Crippen LogP contribution in [0.15, 0.2) is 48.5 Å². The first-order valence-corrected chi connectivity index (χ1v) is 8.73. The summed E-state index contributed by atoms with van der Waals surface area (Å²) in [4.78, 5) is 26.0. The molecule has 24 heavy (non-hydrogen) atoms. The van der Waals surface area contributed by atoms with Gasteiger partial charge in [0.15, 0.2) is 0 Å². The van der Waals surface area contributed by atoms with Crippen LogP contribution in [0.2, 0.25) is 0 Å². The highest BCUT2D eigenvalue weighted by Gasteiger charge is 2.34. The second-order valence-electron chi connectivity index (χ2n) is 6.33. The Labute approximate surface area is 143 Å². The molecule has 0 saturated carbocycles. The van der Waals surface area contributed by atoms with Gasteiger partial charge < -0.3 is 0 Å². The lowest BCUT2D eigenvalue weighted by molar-refractivity contribution is 0.0652. The quantitative estimate of drug-likeness (QED) is 0.715. The number of aryl methyl sites for hydroxylation is 2. The Hall–Kier alpha value is -2.42. The molecule has 124 valence electrons. The van der Waals surface area contributed by atoms with Crippen LogP contribution in [0.4, 0.5) is 0 Å². The first kappa shape index (κ1) is 16.4. The molecule has 3 rings (SSSR count). The normalized spacial score (nSPS) is 13.5. The molecular formula is C21H23NO2. The molecule has 2 amide bonds. The van der Waals surface area contributed by atoms with Crippen LogP contribution in [0.25, 0.3) is 0 Å². The van der Waals surface area contributed by atoms with E-state index >= 15 is 0 Å². The van der Waals surface area contributed by atoms with E-state index in [1.807, 2.05) is 0 Å². The number of imide groups is 1. The lowest BCUT2D eigenvalue weighted by Gasteiger charge is -2.13. The third-order valence-corrected chi connectivity index (χ3v) is 4.54. The SMILES string of the molecule is CCCCc1cccc(CCCN2C(=O)c3ccccc3C2=O)c1. The van der Waals surface area contributed by atoms with Gasteiger partial charge in [-0.05, 0) is 48.9 Å². The molecule has 2 aromatic carbocycles. The van der Waals surface area contributed by atoms with Crippen LogP contribution in [0.3, 0.4) is 0 Å². The van der Waals surface area contributed by atoms with E-state index in [1.165, 1.54) is 28.9 Å². The topological polar surface area (TPSA) is 37.4 Å². The van der Waals surface area contributed by atoms with Gasteiger partial charge in [-0.1, -0.05) is 49.7 Å². The van der Waals surface area contributed by atoms with Gasteiger partial charge >= 0.3 is 0 Å². The molecule has 0 radical (unpaired) electrons. The van der Waals surface area contributed by atoms with Gasteiger partial charge in [-0.2, -0.15) is 0 Å². The lowest BCUT2D eigenvalue weighted by Crippen LogP contribution is -2.30. The predicted octanol–water partition coefficient (Wildman–Crippen LogP) is 4.26. The minimum Gasteiger partial charge on any atom is -0.274 e. The Morgan fingerprint density at radius 1 is 0.792 bits per heavy atom. The van der Waals surface area contributed by atoms with Gasteiger partial charge in [0, 0.05) is 6.54 Å². The summed E-state index contributed by atoms with van der Waals surface area (Å²) in [6.45, 7) is 2.68. The molecule has 0 aliphatic carbocycles. The third kappa shape index (κ3) is 3.40. The highest BCUT2D eigenvalue weighted by atomic mass is 16.2. The zero-order valence-electron chi connectivity index (χ0n) is 14.1. The zero-order chi connectivity index (χ0) is 16.9. The summed E-state index contributed by atoms with van der Waals surface area (Å²) >= 11 is 0. The molecule has 0 spiro atoms. The van der Waals surface area contributed by atoms with Gasteiger partial charge in [-0.15, -0.1) is 0 Å². The Balaban J connectivity index is 1.58. The van der Waals surface area contributed by atoms with Gasteiger partial charge in [-0.25, -0.2) is 0 Å². The van der Waals surface area contributed by atoms with Gasteiger partial charge in [0.25, 0.3) is 11.8 Å². The Bertz CT molecular complexity index is 716. The molecule has 3 nitrogen and oxygen atoms in total. The second kappa shape index (κ2) is 7.43. The van der Waals surface area contributed by atoms with E-state index in [2.05, 4.69) is 31.2 Å². The average molecular weight is 321 g/mol. The maximum atomic E-state index is 12.3. The zero-order valence-corrected chi connectivity index (χ0v) is 14.1. The van der Waals surface area contributed by atoms with Gasteiger partial charge in [0.1, 0.15) is 0 Å². The van der Waals surface area contributed by atoms with Crippen LogP contribution >= 0.6 is 0 Å². The molecule has 1 heterocycles. The molecule has 0 atom stereocenters. The van der Waals surface area contributed by atoms with E-state index in [1.54, 1.807) is 24.3 Å². The maximum Gasteiger partial charge on any atom is 0.261 e. The minimum atomic E-state index is -0.160. The molecule has 3 heteroatoms. The fourth-order valence-corrected chi connectivity index (χ4v) is 3.21. The molecule has 1 aliphatic heterocycles. The highest BCUT2D eigenvalue weighted by Crippen LogP contribution is 2.22. The molecule has 2 aromatic rings. The van der Waals surface area contributed by atoms with E-state index in [9.17, 15) is 9.59 Å². The molecule has 0 N–H and O–H groups in total. The maximum absolute atomic E-state index is 12.3. The first-order valence-electron chi connectivity index (χ1n) is 8.73. The van der Waals surface area contributed by atoms with Crippen molar-refractivity contribution < 1.29 is 9.59 Å². The number of fused-ring (bicyclic) bond motifs is 1. The van der Waals surface area contributed by atoms with Crippen molar-refractivity contribution in [1.29, 1.82) is 0 Å². The third-order valence-electron chi connectivity index (χ3n) is 4.54. The van der Waals surface area contributed by atoms with Crippen molar-refractivity contribution in [3.8, 4) is 0 Å². The highest BCUT2D eigenvalue weighted by molar-refractivity contribution is 6.21. The Morgan fingerprint density at radius 2 is 1.38 bits per heavy atom.